The van der Waals surface area contributed by atoms with Gasteiger partial charge in [-0.2, -0.15) is 5.26 Å². The van der Waals surface area contributed by atoms with Crippen molar-refractivity contribution in [3.05, 3.63) is 106 Å². The second kappa shape index (κ2) is 11.3. The first-order chi connectivity index (χ1) is 15.5. The third-order valence-electron chi connectivity index (χ3n) is 4.71. The molecule has 0 aromatic heterocycles. The van der Waals surface area contributed by atoms with Crippen molar-refractivity contribution in [3.8, 4) is 17.6 Å². The van der Waals surface area contributed by atoms with Gasteiger partial charge in [0, 0.05) is 15.6 Å². The van der Waals surface area contributed by atoms with Gasteiger partial charge >= 0.3 is 0 Å². The summed E-state index contributed by atoms with van der Waals surface area (Å²) in [5.41, 5.74) is 3.11. The Morgan fingerprint density at radius 1 is 1.12 bits per heavy atom. The van der Waals surface area contributed by atoms with Gasteiger partial charge in [-0.15, -0.1) is 6.58 Å². The molecule has 0 fully saturated rings. The van der Waals surface area contributed by atoms with E-state index in [1.165, 1.54) is 6.07 Å². The van der Waals surface area contributed by atoms with E-state index in [9.17, 15) is 9.65 Å². The Hall–Kier alpha value is -3.36. The molecule has 0 heterocycles. The second-order valence-corrected chi connectivity index (χ2v) is 7.91. The first-order valence-corrected chi connectivity index (χ1v) is 11.0. The normalized spacial score (nSPS) is 11.0. The summed E-state index contributed by atoms with van der Waals surface area (Å²) in [6.45, 7) is 6.58. The molecule has 0 N–H and O–H groups in total. The van der Waals surface area contributed by atoms with Crippen LogP contribution in [0.3, 0.4) is 0 Å². The highest BCUT2D eigenvalue weighted by molar-refractivity contribution is 9.10. The molecule has 0 saturated carbocycles. The minimum Gasteiger partial charge on any atom is -0.490 e. The standard InChI is InChI=1S/C27H23BrFNO2/c1-3-7-21-14-20(15-22(17-30)24-8-5-6-9-25(24)29)16-26(31-4-2)27(21)32-18-19-10-12-23(28)13-11-19/h3,5-6,8-16H,1,4,7,18H2,2H3. The highest BCUT2D eigenvalue weighted by Gasteiger charge is 2.15. The van der Waals surface area contributed by atoms with Crippen molar-refractivity contribution in [2.45, 2.75) is 20.0 Å². The molecule has 0 unspecified atom stereocenters. The molecule has 5 heteroatoms. The van der Waals surface area contributed by atoms with Crippen molar-refractivity contribution >= 4 is 27.6 Å². The van der Waals surface area contributed by atoms with E-state index in [0.717, 1.165) is 21.2 Å². The number of hydrogen-bond acceptors (Lipinski definition) is 3. The van der Waals surface area contributed by atoms with E-state index in [1.54, 1.807) is 30.4 Å². The topological polar surface area (TPSA) is 42.2 Å². The van der Waals surface area contributed by atoms with Crippen LogP contribution in [0.4, 0.5) is 4.39 Å². The molecule has 0 atom stereocenters. The number of ether oxygens (including phenoxy) is 2. The number of rotatable bonds is 9. The number of halogens is 2. The molecule has 32 heavy (non-hydrogen) atoms. The van der Waals surface area contributed by atoms with Crippen LogP contribution in [0.25, 0.3) is 11.6 Å². The average molecular weight is 492 g/mol. The molecule has 3 rings (SSSR count). The van der Waals surface area contributed by atoms with E-state index in [0.29, 0.717) is 31.1 Å². The predicted octanol–water partition coefficient (Wildman–Crippen LogP) is 7.36. The largest absolute Gasteiger partial charge is 0.490 e. The summed E-state index contributed by atoms with van der Waals surface area (Å²) in [5, 5.41) is 9.63. The number of hydrogen-bond donors (Lipinski definition) is 0. The monoisotopic (exact) mass is 491 g/mol. The summed E-state index contributed by atoms with van der Waals surface area (Å²) in [7, 11) is 0. The molecule has 0 aliphatic rings. The fourth-order valence-electron chi connectivity index (χ4n) is 3.25. The first kappa shape index (κ1) is 23.3. The maximum atomic E-state index is 14.2. The first-order valence-electron chi connectivity index (χ1n) is 10.2. The zero-order valence-corrected chi connectivity index (χ0v) is 19.4. The molecule has 0 amide bonds. The fraction of sp³-hybridized carbons (Fsp3) is 0.148. The minimum absolute atomic E-state index is 0.235. The maximum Gasteiger partial charge on any atom is 0.165 e. The maximum absolute atomic E-state index is 14.2. The Kier molecular flexibility index (Phi) is 8.24. The van der Waals surface area contributed by atoms with Crippen LogP contribution in [0.1, 0.15) is 29.2 Å². The van der Waals surface area contributed by atoms with Crippen LogP contribution in [-0.2, 0) is 13.0 Å². The summed E-state index contributed by atoms with van der Waals surface area (Å²) in [4.78, 5) is 0. The van der Waals surface area contributed by atoms with Gasteiger partial charge < -0.3 is 9.47 Å². The van der Waals surface area contributed by atoms with Crippen molar-refractivity contribution in [1.29, 1.82) is 5.26 Å². The Labute approximate surface area is 196 Å². The van der Waals surface area contributed by atoms with E-state index in [1.807, 2.05) is 43.3 Å². The van der Waals surface area contributed by atoms with Crippen LogP contribution in [0, 0.1) is 17.1 Å². The molecule has 162 valence electrons. The van der Waals surface area contributed by atoms with Crippen LogP contribution < -0.4 is 9.47 Å². The van der Waals surface area contributed by atoms with Gasteiger partial charge in [-0.05, 0) is 60.9 Å². The zero-order chi connectivity index (χ0) is 22.9. The number of nitriles is 1. The zero-order valence-electron chi connectivity index (χ0n) is 17.8. The Balaban J connectivity index is 2.01. The number of nitrogens with zero attached hydrogens (tertiary/aromatic N) is 1. The van der Waals surface area contributed by atoms with Gasteiger partial charge in [0.15, 0.2) is 11.5 Å². The third kappa shape index (κ3) is 5.87. The van der Waals surface area contributed by atoms with Crippen LogP contribution in [0.5, 0.6) is 11.5 Å². The van der Waals surface area contributed by atoms with Gasteiger partial charge in [-0.25, -0.2) is 4.39 Å². The number of benzene rings is 3. The summed E-state index contributed by atoms with van der Waals surface area (Å²) in [6.07, 6.45) is 4.00. The summed E-state index contributed by atoms with van der Waals surface area (Å²) in [6, 6.07) is 20.0. The molecule has 0 radical (unpaired) electrons. The van der Waals surface area contributed by atoms with Gasteiger partial charge in [-0.3, -0.25) is 0 Å². The SMILES string of the molecule is C=CCc1cc(C=C(C#N)c2ccccc2F)cc(OCC)c1OCc1ccc(Br)cc1. The van der Waals surface area contributed by atoms with Gasteiger partial charge in [-0.1, -0.05) is 52.3 Å². The van der Waals surface area contributed by atoms with Crippen LogP contribution in [-0.4, -0.2) is 6.61 Å². The van der Waals surface area contributed by atoms with Gasteiger partial charge in [0.05, 0.1) is 18.2 Å². The predicted molar refractivity (Wildman–Crippen MR) is 130 cm³/mol. The van der Waals surface area contributed by atoms with E-state index in [-0.39, 0.29) is 11.1 Å². The van der Waals surface area contributed by atoms with Crippen molar-refractivity contribution in [1.82, 2.24) is 0 Å². The van der Waals surface area contributed by atoms with Gasteiger partial charge in [0.2, 0.25) is 0 Å². The molecular formula is C27H23BrFNO2. The quantitative estimate of drug-likeness (QED) is 0.178. The molecule has 0 aliphatic heterocycles. The number of allylic oxidation sites excluding steroid dienone is 2. The van der Waals surface area contributed by atoms with Gasteiger partial charge in [0.25, 0.3) is 0 Å². The molecule has 0 aliphatic carbocycles. The summed E-state index contributed by atoms with van der Waals surface area (Å²) >= 11 is 3.44. The summed E-state index contributed by atoms with van der Waals surface area (Å²) < 4.78 is 27.2. The van der Waals surface area contributed by atoms with Crippen LogP contribution >= 0.6 is 15.9 Å². The van der Waals surface area contributed by atoms with Crippen molar-refractivity contribution in [2.75, 3.05) is 6.61 Å². The fourth-order valence-corrected chi connectivity index (χ4v) is 3.52. The lowest BCUT2D eigenvalue weighted by molar-refractivity contribution is 0.267. The Bertz CT molecular complexity index is 1160. The lowest BCUT2D eigenvalue weighted by Crippen LogP contribution is -2.03. The van der Waals surface area contributed by atoms with Crippen molar-refractivity contribution < 1.29 is 13.9 Å². The second-order valence-electron chi connectivity index (χ2n) is 7.00. The molecule has 0 bridgehead atoms. The summed E-state index contributed by atoms with van der Waals surface area (Å²) in [5.74, 6) is 0.767. The molecule has 3 aromatic carbocycles. The van der Waals surface area contributed by atoms with E-state index < -0.39 is 5.82 Å². The van der Waals surface area contributed by atoms with E-state index in [2.05, 4.69) is 28.6 Å². The van der Waals surface area contributed by atoms with Gasteiger partial charge in [0.1, 0.15) is 12.4 Å². The Morgan fingerprint density at radius 3 is 2.53 bits per heavy atom. The van der Waals surface area contributed by atoms with Crippen LogP contribution in [0.2, 0.25) is 0 Å². The highest BCUT2D eigenvalue weighted by atomic mass is 79.9. The van der Waals surface area contributed by atoms with E-state index in [4.69, 9.17) is 9.47 Å². The average Bonchev–Trinajstić information content (AvgIpc) is 2.79. The van der Waals surface area contributed by atoms with Crippen molar-refractivity contribution in [2.24, 2.45) is 0 Å². The Morgan fingerprint density at radius 2 is 1.88 bits per heavy atom. The van der Waals surface area contributed by atoms with Crippen molar-refractivity contribution in [3.63, 3.8) is 0 Å². The highest BCUT2D eigenvalue weighted by Crippen LogP contribution is 2.36. The smallest absolute Gasteiger partial charge is 0.165 e. The molecular weight excluding hydrogens is 469 g/mol. The lowest BCUT2D eigenvalue weighted by Gasteiger charge is -2.17. The molecule has 3 nitrogen and oxygen atoms in total. The minimum atomic E-state index is -0.439. The third-order valence-corrected chi connectivity index (χ3v) is 5.24. The lowest BCUT2D eigenvalue weighted by atomic mass is 10.0. The molecule has 0 saturated heterocycles. The molecule has 0 spiro atoms. The van der Waals surface area contributed by atoms with E-state index >= 15 is 0 Å². The van der Waals surface area contributed by atoms with Crippen LogP contribution in [0.15, 0.2) is 77.8 Å². The molecule has 3 aromatic rings.